The number of amides is 1. The van der Waals surface area contributed by atoms with Gasteiger partial charge in [-0.25, -0.2) is 15.4 Å². The van der Waals surface area contributed by atoms with Gasteiger partial charge in [0, 0.05) is 38.7 Å². The average Bonchev–Trinajstić information content (AvgIpc) is 2.89. The van der Waals surface area contributed by atoms with E-state index in [-0.39, 0.29) is 32.6 Å². The maximum Gasteiger partial charge on any atom is 0.433 e. The quantitative estimate of drug-likeness (QED) is 0.118. The number of non-ortho nitro benzene ring substituents is 1. The normalized spacial score (nSPS) is 11.5. The van der Waals surface area contributed by atoms with E-state index in [9.17, 15) is 28.1 Å². The van der Waals surface area contributed by atoms with Crippen LogP contribution < -0.4 is 5.43 Å². The van der Waals surface area contributed by atoms with Crippen LogP contribution in [0.3, 0.4) is 0 Å². The zero-order valence-electron chi connectivity index (χ0n) is 19.0. The molecule has 192 valence electrons. The number of hydrazone groups is 1. The molecule has 0 aliphatic heterocycles. The molecule has 0 aliphatic carbocycles. The van der Waals surface area contributed by atoms with Gasteiger partial charge in [0.15, 0.2) is 5.16 Å². The Morgan fingerprint density at radius 2 is 1.79 bits per heavy atom. The Kier molecular flexibility index (Phi) is 8.03. The van der Waals surface area contributed by atoms with Gasteiger partial charge in [-0.05, 0) is 42.1 Å². The lowest BCUT2D eigenvalue weighted by atomic mass is 10.1. The summed E-state index contributed by atoms with van der Waals surface area (Å²) in [6.07, 6.45) is -3.59. The maximum atomic E-state index is 13.6. The highest BCUT2D eigenvalue weighted by Crippen LogP contribution is 2.35. The minimum Gasteiger partial charge on any atom is -0.267 e. The number of nitro benzene ring substituents is 1. The number of nitrogens with zero attached hydrogens (tertiary/aromatic N) is 4. The number of halogens is 4. The number of nitrogens with one attached hydrogen (secondary N) is 1. The van der Waals surface area contributed by atoms with E-state index >= 15 is 0 Å². The fourth-order valence-electron chi connectivity index (χ4n) is 3.17. The smallest absolute Gasteiger partial charge is 0.267 e. The van der Waals surface area contributed by atoms with E-state index in [1.807, 2.05) is 0 Å². The van der Waals surface area contributed by atoms with Crippen molar-refractivity contribution in [3.8, 4) is 11.3 Å². The van der Waals surface area contributed by atoms with Crippen LogP contribution in [0.2, 0.25) is 5.02 Å². The first kappa shape index (κ1) is 26.8. The minimum atomic E-state index is -4.73. The van der Waals surface area contributed by atoms with Crippen molar-refractivity contribution in [3.63, 3.8) is 0 Å². The first-order valence-corrected chi connectivity index (χ1v) is 11.9. The molecule has 38 heavy (non-hydrogen) atoms. The predicted octanol–water partition coefficient (Wildman–Crippen LogP) is 6.64. The van der Waals surface area contributed by atoms with Gasteiger partial charge in [0.25, 0.3) is 11.6 Å². The molecule has 0 bridgehead atoms. The summed E-state index contributed by atoms with van der Waals surface area (Å²) in [5.41, 5.74) is 1.76. The lowest BCUT2D eigenvalue weighted by Gasteiger charge is -2.11. The topological polar surface area (TPSA) is 110 Å². The van der Waals surface area contributed by atoms with E-state index in [4.69, 9.17) is 11.6 Å². The zero-order valence-corrected chi connectivity index (χ0v) is 20.6. The summed E-state index contributed by atoms with van der Waals surface area (Å²) in [5.74, 6) is -0.586. The third-order valence-corrected chi connectivity index (χ3v) is 6.12. The van der Waals surface area contributed by atoms with Crippen LogP contribution in [0.25, 0.3) is 11.3 Å². The Hall–Kier alpha value is -4.29. The molecule has 0 radical (unpaired) electrons. The van der Waals surface area contributed by atoms with Crippen LogP contribution in [0.4, 0.5) is 18.9 Å². The number of alkyl halides is 3. The zero-order chi connectivity index (χ0) is 27.3. The Labute approximate surface area is 222 Å². The van der Waals surface area contributed by atoms with Crippen molar-refractivity contribution in [1.29, 1.82) is 0 Å². The third-order valence-electron chi connectivity index (χ3n) is 4.93. The third kappa shape index (κ3) is 6.72. The monoisotopic (exact) mass is 557 g/mol. The van der Waals surface area contributed by atoms with Crippen molar-refractivity contribution < 1.29 is 22.9 Å². The van der Waals surface area contributed by atoms with E-state index in [1.165, 1.54) is 30.3 Å². The van der Waals surface area contributed by atoms with Crippen molar-refractivity contribution in [3.05, 3.63) is 111 Å². The summed E-state index contributed by atoms with van der Waals surface area (Å²) >= 11 is 6.65. The predicted molar refractivity (Wildman–Crippen MR) is 136 cm³/mol. The summed E-state index contributed by atoms with van der Waals surface area (Å²) in [6.45, 7) is 0. The number of carbonyl (C=O) groups is 1. The Balaban J connectivity index is 1.68. The molecule has 13 heteroatoms. The van der Waals surface area contributed by atoms with E-state index in [0.29, 0.717) is 10.6 Å². The van der Waals surface area contributed by atoms with Crippen LogP contribution in [0.5, 0.6) is 0 Å². The number of nitro groups is 1. The number of carbonyl (C=O) groups excluding carboxylic acids is 1. The number of aromatic nitrogens is 2. The summed E-state index contributed by atoms with van der Waals surface area (Å²) in [7, 11) is 0. The van der Waals surface area contributed by atoms with E-state index in [1.54, 1.807) is 42.5 Å². The molecule has 0 atom stereocenters. The number of benzene rings is 3. The fraction of sp³-hybridized carbons (Fsp3) is 0.0400. The van der Waals surface area contributed by atoms with Gasteiger partial charge in [-0.3, -0.25) is 14.9 Å². The molecule has 1 heterocycles. The van der Waals surface area contributed by atoms with E-state index in [0.717, 1.165) is 24.0 Å². The van der Waals surface area contributed by atoms with Gasteiger partial charge >= 0.3 is 6.18 Å². The second-order valence-corrected chi connectivity index (χ2v) is 9.02. The summed E-state index contributed by atoms with van der Waals surface area (Å²) in [6, 6.07) is 18.9. The molecule has 4 rings (SSSR count). The molecule has 1 aromatic heterocycles. The van der Waals surface area contributed by atoms with Gasteiger partial charge < -0.3 is 0 Å². The average molecular weight is 558 g/mol. The lowest BCUT2D eigenvalue weighted by Crippen LogP contribution is -2.17. The molecule has 4 aromatic rings. The largest absolute Gasteiger partial charge is 0.433 e. The molecule has 0 saturated heterocycles. The van der Waals surface area contributed by atoms with Gasteiger partial charge in [-0.15, -0.1) is 0 Å². The number of hydrogen-bond acceptors (Lipinski definition) is 7. The van der Waals surface area contributed by atoms with Crippen molar-refractivity contribution in [2.45, 2.75) is 16.2 Å². The molecule has 0 saturated carbocycles. The van der Waals surface area contributed by atoms with Gasteiger partial charge in [0.1, 0.15) is 5.69 Å². The molecule has 0 spiro atoms. The number of hydrogen-bond donors (Lipinski definition) is 1. The van der Waals surface area contributed by atoms with Gasteiger partial charge in [-0.2, -0.15) is 18.3 Å². The standard InChI is InChI=1S/C25H15ClF3N5O3S/c26-18-8-4-7-16(11-18)23(35)33-30-14-17-12-19(34(36)37)9-10-21(17)38-24-31-20(15-5-2-1-3-6-15)13-22(32-24)25(27,28)29/h1-14H,(H,33,35)/b30-14+. The fourth-order valence-corrected chi connectivity index (χ4v) is 4.21. The van der Waals surface area contributed by atoms with E-state index in [2.05, 4.69) is 20.5 Å². The SMILES string of the molecule is O=C(N/N=C/c1cc([N+](=O)[O-])ccc1Sc1nc(-c2ccccc2)cc(C(F)(F)F)n1)c1cccc(Cl)c1. The molecule has 0 unspecified atom stereocenters. The van der Waals surface area contributed by atoms with Gasteiger partial charge in [0.2, 0.25) is 0 Å². The van der Waals surface area contributed by atoms with Crippen molar-refractivity contribution >= 4 is 41.2 Å². The first-order chi connectivity index (χ1) is 18.1. The first-order valence-electron chi connectivity index (χ1n) is 10.7. The highest BCUT2D eigenvalue weighted by Gasteiger charge is 2.34. The lowest BCUT2D eigenvalue weighted by molar-refractivity contribution is -0.384. The molecule has 0 fully saturated rings. The van der Waals surface area contributed by atoms with Crippen LogP contribution in [-0.2, 0) is 6.18 Å². The maximum absolute atomic E-state index is 13.6. The second-order valence-electron chi connectivity index (χ2n) is 7.58. The van der Waals surface area contributed by atoms with Crippen molar-refractivity contribution in [2.75, 3.05) is 0 Å². The molecule has 0 aliphatic rings. The molecule has 8 nitrogen and oxygen atoms in total. The molecular weight excluding hydrogens is 543 g/mol. The second kappa shape index (κ2) is 11.4. The van der Waals surface area contributed by atoms with Crippen LogP contribution in [0, 0.1) is 10.1 Å². The van der Waals surface area contributed by atoms with Gasteiger partial charge in [0.05, 0.1) is 16.8 Å². The highest BCUT2D eigenvalue weighted by atomic mass is 35.5. The van der Waals surface area contributed by atoms with Crippen LogP contribution in [-0.4, -0.2) is 27.0 Å². The summed E-state index contributed by atoms with van der Waals surface area (Å²) in [5, 5.41) is 15.3. The number of rotatable bonds is 7. The van der Waals surface area contributed by atoms with Crippen LogP contribution in [0.15, 0.2) is 94.0 Å². The molecule has 3 aromatic carbocycles. The summed E-state index contributed by atoms with van der Waals surface area (Å²) in [4.78, 5) is 31.2. The summed E-state index contributed by atoms with van der Waals surface area (Å²) < 4.78 is 40.8. The van der Waals surface area contributed by atoms with Crippen LogP contribution in [0.1, 0.15) is 21.6 Å². The Morgan fingerprint density at radius 3 is 2.47 bits per heavy atom. The Bertz CT molecular complexity index is 1530. The molecular formula is C25H15ClF3N5O3S. The molecule has 1 N–H and O–H groups in total. The van der Waals surface area contributed by atoms with Crippen molar-refractivity contribution in [1.82, 2.24) is 15.4 Å². The van der Waals surface area contributed by atoms with Gasteiger partial charge in [-0.1, -0.05) is 48.0 Å². The van der Waals surface area contributed by atoms with E-state index < -0.39 is 22.7 Å². The van der Waals surface area contributed by atoms with Crippen molar-refractivity contribution in [2.24, 2.45) is 5.10 Å². The minimum absolute atomic E-state index is 0.0568. The highest BCUT2D eigenvalue weighted by molar-refractivity contribution is 7.99. The van der Waals surface area contributed by atoms with Crippen LogP contribution >= 0.6 is 23.4 Å². The molecule has 1 amide bonds. The Morgan fingerprint density at radius 1 is 1.03 bits per heavy atom.